The summed E-state index contributed by atoms with van der Waals surface area (Å²) in [4.78, 5) is 0.0151. The minimum atomic E-state index is -3.83. The van der Waals surface area contributed by atoms with Crippen molar-refractivity contribution in [3.05, 3.63) is 83.9 Å². The van der Waals surface area contributed by atoms with Crippen molar-refractivity contribution in [3.8, 4) is 11.1 Å². The SMILES string of the molecule is O=S(=O)(Nc1cccc(CCO)c1)c1ccc(-c2ccc(F)cc2F)cc1. The van der Waals surface area contributed by atoms with E-state index in [1.54, 1.807) is 24.3 Å². The van der Waals surface area contributed by atoms with E-state index in [-0.39, 0.29) is 17.1 Å². The lowest BCUT2D eigenvalue weighted by Gasteiger charge is -2.10. The van der Waals surface area contributed by atoms with Gasteiger partial charge in [-0.2, -0.15) is 0 Å². The summed E-state index contributed by atoms with van der Waals surface area (Å²) in [5.74, 6) is -1.40. The van der Waals surface area contributed by atoms with Crippen LogP contribution < -0.4 is 4.72 Å². The highest BCUT2D eigenvalue weighted by Gasteiger charge is 2.15. The number of hydrogen-bond acceptors (Lipinski definition) is 3. The molecule has 27 heavy (non-hydrogen) atoms. The van der Waals surface area contributed by atoms with Gasteiger partial charge in [0.15, 0.2) is 0 Å². The van der Waals surface area contributed by atoms with Crippen LogP contribution >= 0.6 is 0 Å². The fraction of sp³-hybridized carbons (Fsp3) is 0.100. The molecule has 0 amide bonds. The van der Waals surface area contributed by atoms with E-state index in [9.17, 15) is 17.2 Å². The first-order chi connectivity index (χ1) is 12.9. The molecule has 3 aromatic rings. The topological polar surface area (TPSA) is 66.4 Å². The molecule has 0 radical (unpaired) electrons. The average Bonchev–Trinajstić information content (AvgIpc) is 2.62. The summed E-state index contributed by atoms with van der Waals surface area (Å²) >= 11 is 0. The van der Waals surface area contributed by atoms with Crippen molar-refractivity contribution in [1.82, 2.24) is 0 Å². The first-order valence-corrected chi connectivity index (χ1v) is 9.65. The van der Waals surface area contributed by atoms with Gasteiger partial charge in [-0.05, 0) is 53.9 Å². The molecule has 0 saturated carbocycles. The Morgan fingerprint density at radius 1 is 0.926 bits per heavy atom. The van der Waals surface area contributed by atoms with Crippen molar-refractivity contribution < 1.29 is 22.3 Å². The first kappa shape index (κ1) is 19.0. The second-order valence-electron chi connectivity index (χ2n) is 5.93. The molecule has 140 valence electrons. The Balaban J connectivity index is 1.84. The van der Waals surface area contributed by atoms with E-state index in [0.29, 0.717) is 17.7 Å². The van der Waals surface area contributed by atoms with E-state index < -0.39 is 21.7 Å². The number of benzene rings is 3. The molecule has 0 aliphatic rings. The number of hydrogen-bond donors (Lipinski definition) is 2. The smallest absolute Gasteiger partial charge is 0.261 e. The molecule has 0 atom stereocenters. The predicted molar refractivity (Wildman–Crippen MR) is 99.8 cm³/mol. The van der Waals surface area contributed by atoms with Crippen molar-refractivity contribution in [2.45, 2.75) is 11.3 Å². The van der Waals surface area contributed by atoms with Crippen LogP contribution in [0.5, 0.6) is 0 Å². The highest BCUT2D eigenvalue weighted by Crippen LogP contribution is 2.25. The summed E-state index contributed by atoms with van der Waals surface area (Å²) in [7, 11) is -3.83. The number of sulfonamides is 1. The molecular weight excluding hydrogens is 372 g/mol. The zero-order valence-corrected chi connectivity index (χ0v) is 15.0. The molecule has 0 spiro atoms. The summed E-state index contributed by atoms with van der Waals surface area (Å²) < 4.78 is 54.5. The van der Waals surface area contributed by atoms with Gasteiger partial charge in [0, 0.05) is 23.9 Å². The van der Waals surface area contributed by atoms with Crippen LogP contribution in [-0.4, -0.2) is 20.1 Å². The maximum atomic E-state index is 13.9. The predicted octanol–water partition coefficient (Wildman–Crippen LogP) is 3.97. The van der Waals surface area contributed by atoms with Crippen molar-refractivity contribution in [3.63, 3.8) is 0 Å². The lowest BCUT2D eigenvalue weighted by molar-refractivity contribution is 0.299. The first-order valence-electron chi connectivity index (χ1n) is 8.17. The van der Waals surface area contributed by atoms with Crippen LogP contribution in [0.25, 0.3) is 11.1 Å². The zero-order chi connectivity index (χ0) is 19.4. The number of aliphatic hydroxyl groups excluding tert-OH is 1. The molecule has 0 aromatic heterocycles. The van der Waals surface area contributed by atoms with Crippen molar-refractivity contribution in [2.75, 3.05) is 11.3 Å². The van der Waals surface area contributed by atoms with E-state index in [4.69, 9.17) is 5.11 Å². The molecule has 0 unspecified atom stereocenters. The van der Waals surface area contributed by atoms with Crippen LogP contribution in [0.15, 0.2) is 71.6 Å². The maximum absolute atomic E-state index is 13.9. The molecule has 2 N–H and O–H groups in total. The molecule has 7 heteroatoms. The highest BCUT2D eigenvalue weighted by molar-refractivity contribution is 7.92. The van der Waals surface area contributed by atoms with Crippen LogP contribution in [0.2, 0.25) is 0 Å². The van der Waals surface area contributed by atoms with E-state index in [1.807, 2.05) is 0 Å². The van der Waals surface area contributed by atoms with Crippen LogP contribution in [0.3, 0.4) is 0 Å². The Kier molecular flexibility index (Phi) is 5.53. The Bertz CT molecular complexity index is 1050. The van der Waals surface area contributed by atoms with Gasteiger partial charge in [-0.25, -0.2) is 17.2 Å². The fourth-order valence-electron chi connectivity index (χ4n) is 2.67. The second-order valence-corrected chi connectivity index (χ2v) is 7.61. The van der Waals surface area contributed by atoms with Crippen molar-refractivity contribution >= 4 is 15.7 Å². The van der Waals surface area contributed by atoms with Gasteiger partial charge < -0.3 is 5.11 Å². The number of rotatable bonds is 6. The third-order valence-corrected chi connectivity index (χ3v) is 5.38. The van der Waals surface area contributed by atoms with Gasteiger partial charge in [-0.15, -0.1) is 0 Å². The highest BCUT2D eigenvalue weighted by atomic mass is 32.2. The Morgan fingerprint density at radius 2 is 1.67 bits per heavy atom. The third-order valence-electron chi connectivity index (χ3n) is 3.99. The summed E-state index contributed by atoms with van der Waals surface area (Å²) in [6.07, 6.45) is 0.424. The quantitative estimate of drug-likeness (QED) is 0.671. The lowest BCUT2D eigenvalue weighted by Crippen LogP contribution is -2.13. The van der Waals surface area contributed by atoms with Crippen LogP contribution in [0.4, 0.5) is 14.5 Å². The van der Waals surface area contributed by atoms with E-state index in [2.05, 4.69) is 4.72 Å². The van der Waals surface area contributed by atoms with Gasteiger partial charge >= 0.3 is 0 Å². The Morgan fingerprint density at radius 3 is 2.33 bits per heavy atom. The molecular formula is C20H17F2NO3S. The van der Waals surface area contributed by atoms with Crippen molar-refractivity contribution in [2.24, 2.45) is 0 Å². The normalized spacial score (nSPS) is 11.4. The van der Waals surface area contributed by atoms with E-state index in [1.165, 1.54) is 30.3 Å². The maximum Gasteiger partial charge on any atom is 0.261 e. The molecule has 0 aliphatic carbocycles. The molecule has 0 saturated heterocycles. The minimum Gasteiger partial charge on any atom is -0.396 e. The number of halogens is 2. The van der Waals surface area contributed by atoms with Crippen molar-refractivity contribution in [1.29, 1.82) is 0 Å². The summed E-state index contributed by atoms with van der Waals surface area (Å²) in [5, 5.41) is 8.99. The summed E-state index contributed by atoms with van der Waals surface area (Å²) in [5.41, 5.74) is 1.82. The van der Waals surface area contributed by atoms with Gasteiger partial charge in [-0.1, -0.05) is 24.3 Å². The van der Waals surface area contributed by atoms with Gasteiger partial charge in [0.25, 0.3) is 10.0 Å². The Hall–Kier alpha value is -2.77. The fourth-order valence-corrected chi connectivity index (χ4v) is 3.72. The van der Waals surface area contributed by atoms with Crippen LogP contribution in [0, 0.1) is 11.6 Å². The number of nitrogens with one attached hydrogen (secondary N) is 1. The largest absolute Gasteiger partial charge is 0.396 e. The monoisotopic (exact) mass is 389 g/mol. The molecule has 0 heterocycles. The third kappa shape index (κ3) is 4.50. The molecule has 3 rings (SSSR count). The Labute approximate surface area is 156 Å². The van der Waals surface area contributed by atoms with E-state index >= 15 is 0 Å². The van der Waals surface area contributed by atoms with Crippen LogP contribution in [-0.2, 0) is 16.4 Å². The zero-order valence-electron chi connectivity index (χ0n) is 14.2. The summed E-state index contributed by atoms with van der Waals surface area (Å²) in [6.45, 7) is -0.0301. The number of anilines is 1. The standard InChI is InChI=1S/C20H17F2NO3S/c21-16-6-9-19(20(22)13-16)15-4-7-18(8-5-15)27(25,26)23-17-3-1-2-14(12-17)10-11-24/h1-9,12-13,23-24H,10-11H2. The van der Waals surface area contributed by atoms with Crippen LogP contribution in [0.1, 0.15) is 5.56 Å². The second kappa shape index (κ2) is 7.85. The van der Waals surface area contributed by atoms with Gasteiger partial charge in [0.05, 0.1) is 4.90 Å². The van der Waals surface area contributed by atoms with E-state index in [0.717, 1.165) is 17.7 Å². The molecule has 3 aromatic carbocycles. The average molecular weight is 389 g/mol. The van der Waals surface area contributed by atoms with Gasteiger partial charge in [0.2, 0.25) is 0 Å². The van der Waals surface area contributed by atoms with Gasteiger partial charge in [-0.3, -0.25) is 4.72 Å². The molecule has 0 fully saturated rings. The molecule has 4 nitrogen and oxygen atoms in total. The molecule has 0 bridgehead atoms. The van der Waals surface area contributed by atoms with Gasteiger partial charge in [0.1, 0.15) is 11.6 Å². The number of aliphatic hydroxyl groups is 1. The lowest BCUT2D eigenvalue weighted by atomic mass is 10.1. The molecule has 0 aliphatic heterocycles. The minimum absolute atomic E-state index is 0.0151. The summed E-state index contributed by atoms with van der Waals surface area (Å²) in [6, 6.07) is 15.6.